The molecule has 22 heavy (non-hydrogen) atoms. The van der Waals surface area contributed by atoms with Crippen LogP contribution in [-0.2, 0) is 9.36 Å². The highest BCUT2D eigenvalue weighted by atomic mass is 31.2. The van der Waals surface area contributed by atoms with Gasteiger partial charge in [0, 0.05) is 0 Å². The zero-order valence-corrected chi connectivity index (χ0v) is 12.1. The minimum atomic E-state index is -4.31. The van der Waals surface area contributed by atoms with Gasteiger partial charge in [-0.3, -0.25) is 14.3 Å². The largest absolute Gasteiger partial charge is 0.480 e. The molecule has 0 spiro atoms. The molecule has 11 nitrogen and oxygen atoms in total. The van der Waals surface area contributed by atoms with Crippen molar-refractivity contribution in [3.8, 4) is 0 Å². The average Bonchev–Trinajstić information content (AvgIpc) is 2.41. The number of nitrogens with zero attached hydrogens (tertiary/aromatic N) is 3. The molecule has 8 N–H and O–H groups in total. The van der Waals surface area contributed by atoms with E-state index in [2.05, 4.69) is 20.5 Å². The van der Waals surface area contributed by atoms with Gasteiger partial charge in [0.05, 0.1) is 11.9 Å². The molecular weight excluding hydrogens is 315 g/mol. The first-order valence-electron chi connectivity index (χ1n) is 5.79. The van der Waals surface area contributed by atoms with Gasteiger partial charge in [-0.15, -0.1) is 10.2 Å². The first-order chi connectivity index (χ1) is 10.2. The summed E-state index contributed by atoms with van der Waals surface area (Å²) in [5, 5.41) is 18.0. The highest BCUT2D eigenvalue weighted by molar-refractivity contribution is 7.52. The lowest BCUT2D eigenvalue weighted by Gasteiger charge is -2.04. The lowest BCUT2D eigenvalue weighted by Crippen LogP contribution is -2.19. The smallest absolute Gasteiger partial charge is 0.333 e. The van der Waals surface area contributed by atoms with Gasteiger partial charge in [0.25, 0.3) is 0 Å². The van der Waals surface area contributed by atoms with Crippen LogP contribution in [0, 0.1) is 0 Å². The zero-order valence-electron chi connectivity index (χ0n) is 11.2. The van der Waals surface area contributed by atoms with Gasteiger partial charge in [0.15, 0.2) is 5.84 Å². The molecule has 0 bridgehead atoms. The van der Waals surface area contributed by atoms with Crippen molar-refractivity contribution in [3.63, 3.8) is 0 Å². The van der Waals surface area contributed by atoms with Gasteiger partial charge in [-0.05, 0) is 12.1 Å². The molecular formula is C10H15N6O5P. The fourth-order valence-electron chi connectivity index (χ4n) is 1.24. The van der Waals surface area contributed by atoms with Gasteiger partial charge in [0.2, 0.25) is 0 Å². The van der Waals surface area contributed by atoms with Crippen molar-refractivity contribution in [1.29, 1.82) is 0 Å². The van der Waals surface area contributed by atoms with Crippen molar-refractivity contribution < 1.29 is 24.3 Å². The number of carboxylic acid groups (broad SMARTS) is 1. The third-order valence-electron chi connectivity index (χ3n) is 2.12. The number of pyridine rings is 1. The second-order valence-corrected chi connectivity index (χ2v) is 5.72. The first-order valence-corrected chi connectivity index (χ1v) is 7.59. The number of aromatic nitrogens is 1. The van der Waals surface area contributed by atoms with E-state index in [9.17, 15) is 9.36 Å². The summed E-state index contributed by atoms with van der Waals surface area (Å²) < 4.78 is 10.7. The number of nitrogens with two attached hydrogens (primary N) is 2. The van der Waals surface area contributed by atoms with Gasteiger partial charge < -0.3 is 31.7 Å². The summed E-state index contributed by atoms with van der Waals surface area (Å²) in [5.74, 6) is -1.49. The fourth-order valence-corrected chi connectivity index (χ4v) is 1.72. The van der Waals surface area contributed by atoms with E-state index in [1.807, 2.05) is 0 Å². The molecule has 0 aromatic carbocycles. The average molecular weight is 330 g/mol. The van der Waals surface area contributed by atoms with E-state index in [0.717, 1.165) is 0 Å². The number of hydrogen-bond donors (Lipinski definition) is 6. The zero-order chi connectivity index (χ0) is 16.8. The second kappa shape index (κ2) is 7.50. The van der Waals surface area contributed by atoms with Crippen molar-refractivity contribution in [2.24, 2.45) is 21.7 Å². The summed E-state index contributed by atoms with van der Waals surface area (Å²) in [6.45, 7) is -0.256. The minimum Gasteiger partial charge on any atom is -0.480 e. The van der Waals surface area contributed by atoms with E-state index in [1.165, 1.54) is 18.3 Å². The van der Waals surface area contributed by atoms with E-state index < -0.39 is 19.7 Å². The molecule has 1 heterocycles. The molecule has 0 saturated carbocycles. The molecule has 0 aliphatic heterocycles. The topological polar surface area (TPSA) is 197 Å². The lowest BCUT2D eigenvalue weighted by atomic mass is 10.3. The lowest BCUT2D eigenvalue weighted by molar-refractivity contribution is -0.134. The normalized spacial score (nSPS) is 13.0. The molecule has 0 saturated heterocycles. The quantitative estimate of drug-likeness (QED) is 0.153. The minimum absolute atomic E-state index is 0.113. The van der Waals surface area contributed by atoms with Gasteiger partial charge in [-0.2, -0.15) is 0 Å². The van der Waals surface area contributed by atoms with Gasteiger partial charge >= 0.3 is 13.6 Å². The molecule has 0 unspecified atom stereocenters. The summed E-state index contributed by atoms with van der Waals surface area (Å²) in [6.07, 6.45) is 0.624. The summed E-state index contributed by atoms with van der Waals surface area (Å²) >= 11 is 0. The van der Waals surface area contributed by atoms with Gasteiger partial charge in [0.1, 0.15) is 24.2 Å². The molecule has 12 heteroatoms. The molecule has 0 amide bonds. The Bertz CT molecular complexity index is 638. The van der Waals surface area contributed by atoms with Crippen LogP contribution < -0.4 is 16.8 Å². The van der Waals surface area contributed by atoms with Crippen molar-refractivity contribution >= 4 is 30.9 Å². The molecule has 1 rings (SSSR count). The Labute approximate surface area is 124 Å². The van der Waals surface area contributed by atoms with Crippen LogP contribution in [0.1, 0.15) is 5.69 Å². The maximum absolute atomic E-state index is 10.7. The van der Waals surface area contributed by atoms with Crippen LogP contribution in [-0.4, -0.2) is 50.2 Å². The number of rotatable bonds is 7. The molecule has 1 aromatic heterocycles. The summed E-state index contributed by atoms with van der Waals surface area (Å²) in [7, 11) is -4.31. The number of carboxylic acids is 1. The third-order valence-corrected chi connectivity index (χ3v) is 2.86. The van der Waals surface area contributed by atoms with E-state index in [-0.39, 0.29) is 23.9 Å². The third kappa shape index (κ3) is 6.79. The molecule has 0 radical (unpaired) electrons. The Balaban J connectivity index is 2.74. The van der Waals surface area contributed by atoms with E-state index >= 15 is 0 Å². The first kappa shape index (κ1) is 17.6. The molecule has 120 valence electrons. The molecule has 0 atom stereocenters. The Kier molecular flexibility index (Phi) is 5.99. The molecule has 0 fully saturated rings. The predicted molar refractivity (Wildman–Crippen MR) is 79.6 cm³/mol. The summed E-state index contributed by atoms with van der Waals surface area (Å²) in [6, 6.07) is 3.01. The van der Waals surface area contributed by atoms with Crippen LogP contribution in [0.5, 0.6) is 0 Å². The van der Waals surface area contributed by atoms with Crippen LogP contribution >= 0.6 is 7.60 Å². The van der Waals surface area contributed by atoms with Crippen LogP contribution in [0.15, 0.2) is 28.5 Å². The molecule has 1 aromatic rings. The van der Waals surface area contributed by atoms with Crippen molar-refractivity contribution in [2.75, 3.05) is 18.0 Å². The monoisotopic (exact) mass is 330 g/mol. The van der Waals surface area contributed by atoms with E-state index in [1.54, 1.807) is 0 Å². The Hall–Kier alpha value is -2.49. The predicted octanol–water partition coefficient (Wildman–Crippen LogP) is -1.27. The number of amidine groups is 2. The summed E-state index contributed by atoms with van der Waals surface area (Å²) in [4.78, 5) is 31.7. The van der Waals surface area contributed by atoms with Crippen LogP contribution in [0.3, 0.4) is 0 Å². The Morgan fingerprint density at radius 3 is 2.50 bits per heavy atom. The van der Waals surface area contributed by atoms with Crippen molar-refractivity contribution in [3.05, 3.63) is 24.0 Å². The number of anilines is 1. The standard InChI is InChI=1S/C10H15N6O5P/c11-8(5-22(19,20)21)15-16-10(12)7-2-1-6(3-14-7)13-4-9(17)18/h1-3,13H,4-5H2,(H2,11,15)(H2,12,16)(H,17,18)(H2,19,20,21). The Morgan fingerprint density at radius 1 is 1.32 bits per heavy atom. The van der Waals surface area contributed by atoms with Gasteiger partial charge in [-0.1, -0.05) is 0 Å². The van der Waals surface area contributed by atoms with Crippen molar-refractivity contribution in [2.45, 2.75) is 0 Å². The number of hydrogen-bond acceptors (Lipinski definition) is 6. The number of carbonyl (C=O) groups is 1. The second-order valence-electron chi connectivity index (χ2n) is 4.08. The molecule has 0 aliphatic carbocycles. The maximum Gasteiger partial charge on any atom is 0.333 e. The van der Waals surface area contributed by atoms with E-state index in [0.29, 0.717) is 5.69 Å². The molecule has 0 aliphatic rings. The fraction of sp³-hybridized carbons (Fsp3) is 0.200. The Morgan fingerprint density at radius 2 is 2.00 bits per heavy atom. The van der Waals surface area contributed by atoms with Gasteiger partial charge in [-0.25, -0.2) is 0 Å². The highest BCUT2D eigenvalue weighted by Gasteiger charge is 2.15. The van der Waals surface area contributed by atoms with E-state index in [4.69, 9.17) is 26.4 Å². The number of aliphatic carboxylic acids is 1. The maximum atomic E-state index is 10.7. The van der Waals surface area contributed by atoms with Crippen LogP contribution in [0.25, 0.3) is 0 Å². The van der Waals surface area contributed by atoms with Crippen LogP contribution in [0.4, 0.5) is 5.69 Å². The number of nitrogens with one attached hydrogen (secondary N) is 1. The SMILES string of the molecule is N/C(CP(=O)(O)O)=N\N=C(/N)c1ccc(NCC(=O)O)cn1. The highest BCUT2D eigenvalue weighted by Crippen LogP contribution is 2.33. The van der Waals surface area contributed by atoms with Crippen molar-refractivity contribution in [1.82, 2.24) is 4.98 Å². The summed E-state index contributed by atoms with van der Waals surface area (Å²) in [5.41, 5.74) is 11.6. The van der Waals surface area contributed by atoms with Crippen LogP contribution in [0.2, 0.25) is 0 Å².